The molecular formula is C15H16Cl2N4O. The van der Waals surface area contributed by atoms with Gasteiger partial charge in [0.25, 0.3) is 0 Å². The van der Waals surface area contributed by atoms with E-state index in [1.54, 1.807) is 10.9 Å². The third kappa shape index (κ3) is 3.27. The Morgan fingerprint density at radius 1 is 1.27 bits per heavy atom. The summed E-state index contributed by atoms with van der Waals surface area (Å²) in [5.74, 6) is 0. The van der Waals surface area contributed by atoms with Crippen molar-refractivity contribution >= 4 is 29.4 Å². The molecule has 1 aliphatic heterocycles. The standard InChI is InChI=1S/C15H16Cl2N4O/c1-11-14(10-18-20-5-7-22-8-6-20)15(17)21(19-11)13-4-2-3-12(16)9-13/h2-4,9-10H,5-8H2,1H3/b18-10+. The molecule has 3 rings (SSSR count). The highest BCUT2D eigenvalue weighted by Crippen LogP contribution is 2.23. The van der Waals surface area contributed by atoms with Gasteiger partial charge in [-0.3, -0.25) is 5.01 Å². The monoisotopic (exact) mass is 338 g/mol. The van der Waals surface area contributed by atoms with Gasteiger partial charge in [-0.1, -0.05) is 29.3 Å². The summed E-state index contributed by atoms with van der Waals surface area (Å²) < 4.78 is 6.97. The SMILES string of the molecule is Cc1nn(-c2cccc(Cl)c2)c(Cl)c1/C=N/N1CCOCC1. The van der Waals surface area contributed by atoms with Crippen LogP contribution in [0.2, 0.25) is 10.2 Å². The van der Waals surface area contributed by atoms with Crippen molar-refractivity contribution in [1.29, 1.82) is 0 Å². The molecule has 1 aromatic carbocycles. The molecule has 116 valence electrons. The molecule has 1 aliphatic rings. The van der Waals surface area contributed by atoms with E-state index in [1.165, 1.54) is 0 Å². The molecule has 7 heteroatoms. The van der Waals surface area contributed by atoms with Crippen LogP contribution in [0.15, 0.2) is 29.4 Å². The molecule has 1 aromatic heterocycles. The maximum atomic E-state index is 6.46. The molecule has 0 unspecified atom stereocenters. The first-order valence-corrected chi connectivity index (χ1v) is 7.78. The van der Waals surface area contributed by atoms with Crippen molar-refractivity contribution in [2.45, 2.75) is 6.92 Å². The van der Waals surface area contributed by atoms with Crippen LogP contribution in [-0.2, 0) is 4.74 Å². The van der Waals surface area contributed by atoms with Gasteiger partial charge in [-0.05, 0) is 25.1 Å². The smallest absolute Gasteiger partial charge is 0.142 e. The van der Waals surface area contributed by atoms with Crippen LogP contribution in [0.1, 0.15) is 11.3 Å². The highest BCUT2D eigenvalue weighted by molar-refractivity contribution is 6.32. The summed E-state index contributed by atoms with van der Waals surface area (Å²) in [4.78, 5) is 0. The molecule has 0 aliphatic carbocycles. The van der Waals surface area contributed by atoms with Gasteiger partial charge in [-0.25, -0.2) is 4.68 Å². The summed E-state index contributed by atoms with van der Waals surface area (Å²) in [5, 5.41) is 12.1. The van der Waals surface area contributed by atoms with Crippen molar-refractivity contribution < 1.29 is 4.74 Å². The van der Waals surface area contributed by atoms with E-state index in [2.05, 4.69) is 10.2 Å². The molecule has 0 N–H and O–H groups in total. The molecule has 1 fully saturated rings. The van der Waals surface area contributed by atoms with Gasteiger partial charge in [0.2, 0.25) is 0 Å². The molecule has 0 bridgehead atoms. The largest absolute Gasteiger partial charge is 0.378 e. The normalized spacial score (nSPS) is 15.7. The Hall–Kier alpha value is -1.56. The van der Waals surface area contributed by atoms with Gasteiger partial charge in [-0.15, -0.1) is 0 Å². The zero-order chi connectivity index (χ0) is 15.5. The number of ether oxygens (including phenoxy) is 1. The van der Waals surface area contributed by atoms with E-state index in [0.717, 1.165) is 30.0 Å². The number of hydrazone groups is 1. The summed E-state index contributed by atoms with van der Waals surface area (Å²) >= 11 is 12.5. The van der Waals surface area contributed by atoms with Crippen LogP contribution >= 0.6 is 23.2 Å². The molecule has 1 saturated heterocycles. The van der Waals surface area contributed by atoms with Crippen molar-refractivity contribution in [3.05, 3.63) is 45.7 Å². The molecule has 0 amide bonds. The van der Waals surface area contributed by atoms with Crippen LogP contribution in [0.4, 0.5) is 0 Å². The maximum Gasteiger partial charge on any atom is 0.142 e. The Kier molecular flexibility index (Phi) is 4.66. The van der Waals surface area contributed by atoms with Gasteiger partial charge in [0.05, 0.1) is 49.5 Å². The molecule has 2 heterocycles. The lowest BCUT2D eigenvalue weighted by molar-refractivity contribution is 0.0397. The van der Waals surface area contributed by atoms with Gasteiger partial charge in [0.15, 0.2) is 0 Å². The highest BCUT2D eigenvalue weighted by Gasteiger charge is 2.14. The lowest BCUT2D eigenvalue weighted by Gasteiger charge is -2.23. The average molecular weight is 339 g/mol. The minimum Gasteiger partial charge on any atom is -0.378 e. The molecule has 0 spiro atoms. The van der Waals surface area contributed by atoms with Crippen molar-refractivity contribution in [3.8, 4) is 5.69 Å². The summed E-state index contributed by atoms with van der Waals surface area (Å²) in [6.07, 6.45) is 1.76. The van der Waals surface area contributed by atoms with Crippen LogP contribution in [0.3, 0.4) is 0 Å². The average Bonchev–Trinajstić information content (AvgIpc) is 2.81. The molecular weight excluding hydrogens is 323 g/mol. The first-order valence-electron chi connectivity index (χ1n) is 7.03. The number of aromatic nitrogens is 2. The van der Waals surface area contributed by atoms with E-state index in [-0.39, 0.29) is 0 Å². The number of halogens is 2. The van der Waals surface area contributed by atoms with Crippen LogP contribution < -0.4 is 0 Å². The van der Waals surface area contributed by atoms with E-state index in [0.29, 0.717) is 23.4 Å². The number of rotatable bonds is 3. The van der Waals surface area contributed by atoms with E-state index in [4.69, 9.17) is 27.9 Å². The van der Waals surface area contributed by atoms with Crippen molar-refractivity contribution in [2.75, 3.05) is 26.3 Å². The molecule has 0 saturated carbocycles. The van der Waals surface area contributed by atoms with Crippen LogP contribution in [-0.4, -0.2) is 47.3 Å². The van der Waals surface area contributed by atoms with Gasteiger partial charge >= 0.3 is 0 Å². The summed E-state index contributed by atoms with van der Waals surface area (Å²) in [6, 6.07) is 7.42. The predicted octanol–water partition coefficient (Wildman–Crippen LogP) is 3.15. The topological polar surface area (TPSA) is 42.7 Å². The van der Waals surface area contributed by atoms with Gasteiger partial charge in [-0.2, -0.15) is 10.2 Å². The fourth-order valence-electron chi connectivity index (χ4n) is 2.25. The Labute approximate surface area is 139 Å². The van der Waals surface area contributed by atoms with E-state index >= 15 is 0 Å². The van der Waals surface area contributed by atoms with Crippen LogP contribution in [0.5, 0.6) is 0 Å². The zero-order valence-electron chi connectivity index (χ0n) is 12.2. The summed E-state index contributed by atoms with van der Waals surface area (Å²) in [6.45, 7) is 4.89. The fourth-order valence-corrected chi connectivity index (χ4v) is 2.75. The second-order valence-electron chi connectivity index (χ2n) is 4.99. The number of benzene rings is 1. The van der Waals surface area contributed by atoms with Crippen LogP contribution in [0, 0.1) is 6.92 Å². The molecule has 22 heavy (non-hydrogen) atoms. The summed E-state index contributed by atoms with van der Waals surface area (Å²) in [5.41, 5.74) is 2.46. The highest BCUT2D eigenvalue weighted by atomic mass is 35.5. The van der Waals surface area contributed by atoms with Crippen LogP contribution in [0.25, 0.3) is 5.69 Å². The first kappa shape index (κ1) is 15.3. The lowest BCUT2D eigenvalue weighted by atomic mass is 10.3. The Balaban J connectivity index is 1.88. The Morgan fingerprint density at radius 2 is 2.05 bits per heavy atom. The van der Waals surface area contributed by atoms with Crippen molar-refractivity contribution in [3.63, 3.8) is 0 Å². The zero-order valence-corrected chi connectivity index (χ0v) is 13.7. The van der Waals surface area contributed by atoms with E-state index < -0.39 is 0 Å². The van der Waals surface area contributed by atoms with Gasteiger partial charge in [0, 0.05) is 5.02 Å². The third-order valence-electron chi connectivity index (χ3n) is 3.44. The first-order chi connectivity index (χ1) is 10.6. The fraction of sp³-hybridized carbons (Fsp3) is 0.333. The number of nitrogens with zero attached hydrogens (tertiary/aromatic N) is 4. The molecule has 2 aromatic rings. The van der Waals surface area contributed by atoms with E-state index in [1.807, 2.05) is 36.2 Å². The molecule has 0 radical (unpaired) electrons. The second-order valence-corrected chi connectivity index (χ2v) is 5.79. The van der Waals surface area contributed by atoms with Gasteiger partial charge in [0.1, 0.15) is 5.15 Å². The molecule has 5 nitrogen and oxygen atoms in total. The van der Waals surface area contributed by atoms with E-state index in [9.17, 15) is 0 Å². The Bertz CT molecular complexity index is 693. The number of hydrogen-bond acceptors (Lipinski definition) is 4. The van der Waals surface area contributed by atoms with Crippen molar-refractivity contribution in [1.82, 2.24) is 14.8 Å². The maximum absolute atomic E-state index is 6.46. The number of aryl methyl sites for hydroxylation is 1. The lowest BCUT2D eigenvalue weighted by Crippen LogP contribution is -2.32. The van der Waals surface area contributed by atoms with Gasteiger partial charge < -0.3 is 4.74 Å². The minimum absolute atomic E-state index is 0.525. The quantitative estimate of drug-likeness (QED) is 0.807. The molecule has 0 atom stereocenters. The second kappa shape index (κ2) is 6.69. The minimum atomic E-state index is 0.525. The van der Waals surface area contributed by atoms with Crippen molar-refractivity contribution in [2.24, 2.45) is 5.10 Å². The summed E-state index contributed by atoms with van der Waals surface area (Å²) in [7, 11) is 0. The third-order valence-corrected chi connectivity index (χ3v) is 4.04. The predicted molar refractivity (Wildman–Crippen MR) is 88.3 cm³/mol. The number of morpholine rings is 1. The Morgan fingerprint density at radius 3 is 2.77 bits per heavy atom. The number of hydrogen-bond donors (Lipinski definition) is 0.